The summed E-state index contributed by atoms with van der Waals surface area (Å²) in [4.78, 5) is 2.40. The van der Waals surface area contributed by atoms with Crippen molar-refractivity contribution in [2.45, 2.75) is 98.5 Å². The molecule has 4 nitrogen and oxygen atoms in total. The van der Waals surface area contributed by atoms with Crippen LogP contribution in [-0.2, 0) is 38.2 Å². The van der Waals surface area contributed by atoms with Crippen molar-refractivity contribution in [3.05, 3.63) is 88.0 Å². The topological polar surface area (TPSA) is 63.9 Å². The van der Waals surface area contributed by atoms with Crippen molar-refractivity contribution in [2.75, 3.05) is 11.4 Å². The van der Waals surface area contributed by atoms with E-state index in [1.54, 1.807) is 0 Å². The smallest absolute Gasteiger partial charge is 0.0891 e. The molecule has 0 heterocycles. The van der Waals surface area contributed by atoms with Gasteiger partial charge in [-0.15, -0.1) is 0 Å². The number of hydrogen-bond donors (Lipinski definition) is 3. The Morgan fingerprint density at radius 1 is 0.684 bits per heavy atom. The molecule has 0 amide bonds. The molecule has 0 saturated heterocycles. The van der Waals surface area contributed by atoms with Crippen LogP contribution in [0.15, 0.2) is 54.6 Å². The lowest BCUT2D eigenvalue weighted by Crippen LogP contribution is -2.24. The van der Waals surface area contributed by atoms with E-state index in [0.29, 0.717) is 12.8 Å². The van der Waals surface area contributed by atoms with Crippen LogP contribution < -0.4 is 4.90 Å². The van der Waals surface area contributed by atoms with E-state index in [2.05, 4.69) is 82.0 Å². The van der Waals surface area contributed by atoms with Crippen LogP contribution in [0.4, 0.5) is 5.69 Å². The van der Waals surface area contributed by atoms with Crippen LogP contribution in [0.1, 0.15) is 93.7 Å². The van der Waals surface area contributed by atoms with Crippen molar-refractivity contribution < 1.29 is 15.3 Å². The molecule has 3 aromatic rings. The zero-order valence-electron chi connectivity index (χ0n) is 24.1. The molecule has 0 aromatic heterocycles. The van der Waals surface area contributed by atoms with E-state index in [1.165, 1.54) is 27.9 Å². The second-order valence-electron chi connectivity index (χ2n) is 10.4. The van der Waals surface area contributed by atoms with E-state index in [9.17, 15) is 15.3 Å². The van der Waals surface area contributed by atoms with Crippen molar-refractivity contribution >= 4 is 5.69 Å². The molecule has 0 bridgehead atoms. The summed E-state index contributed by atoms with van der Waals surface area (Å²) in [5.74, 6) is 0. The van der Waals surface area contributed by atoms with Crippen LogP contribution in [-0.4, -0.2) is 21.9 Å². The summed E-state index contributed by atoms with van der Waals surface area (Å²) in [5.41, 5.74) is 9.24. The molecular weight excluding hydrogens is 470 g/mol. The molecule has 0 spiro atoms. The Morgan fingerprint density at radius 2 is 1.39 bits per heavy atom. The fraction of sp³-hybridized carbons (Fsp3) is 0.471. The SMILES string of the molecule is CCCc1cc(C(O)(CC)CC)ccc1-c1cc(N(CCC)Cc2ccc(CO)c(CO)c2)ccc1CC. The lowest BCUT2D eigenvalue weighted by molar-refractivity contribution is 0.0283. The molecule has 38 heavy (non-hydrogen) atoms. The summed E-state index contributed by atoms with van der Waals surface area (Å²) in [6.07, 6.45) is 5.40. The van der Waals surface area contributed by atoms with Gasteiger partial charge in [0.2, 0.25) is 0 Å². The highest BCUT2D eigenvalue weighted by Gasteiger charge is 2.26. The Labute approximate surface area is 230 Å². The maximum absolute atomic E-state index is 11.2. The number of aliphatic hydroxyl groups excluding tert-OH is 2. The first-order valence-corrected chi connectivity index (χ1v) is 14.4. The first-order valence-electron chi connectivity index (χ1n) is 14.4. The predicted octanol–water partition coefficient (Wildman–Crippen LogP) is 7.28. The number of benzene rings is 3. The molecule has 0 aliphatic carbocycles. The molecule has 0 aliphatic rings. The van der Waals surface area contributed by atoms with Gasteiger partial charge in [0.1, 0.15) is 0 Å². The van der Waals surface area contributed by atoms with Gasteiger partial charge in [0.25, 0.3) is 0 Å². The number of nitrogens with zero attached hydrogens (tertiary/aromatic N) is 1. The van der Waals surface area contributed by atoms with Gasteiger partial charge >= 0.3 is 0 Å². The Bertz CT molecular complexity index is 1180. The molecule has 3 rings (SSSR count). The third-order valence-electron chi connectivity index (χ3n) is 7.94. The van der Waals surface area contributed by atoms with Crippen molar-refractivity contribution in [1.29, 1.82) is 0 Å². The average Bonchev–Trinajstić information content (AvgIpc) is 2.96. The summed E-state index contributed by atoms with van der Waals surface area (Å²) in [6.45, 7) is 12.2. The fourth-order valence-electron chi connectivity index (χ4n) is 5.47. The van der Waals surface area contributed by atoms with Gasteiger partial charge in [-0.3, -0.25) is 0 Å². The van der Waals surface area contributed by atoms with E-state index < -0.39 is 5.60 Å². The minimum Gasteiger partial charge on any atom is -0.392 e. The third-order valence-corrected chi connectivity index (χ3v) is 7.94. The first kappa shape index (κ1) is 29.9. The van der Waals surface area contributed by atoms with Crippen molar-refractivity contribution in [3.63, 3.8) is 0 Å². The Balaban J connectivity index is 2.07. The van der Waals surface area contributed by atoms with Crippen molar-refractivity contribution in [3.8, 4) is 11.1 Å². The van der Waals surface area contributed by atoms with Crippen LogP contribution in [0.5, 0.6) is 0 Å². The predicted molar refractivity (Wildman–Crippen MR) is 159 cm³/mol. The maximum Gasteiger partial charge on any atom is 0.0891 e. The van der Waals surface area contributed by atoms with Crippen LogP contribution in [0.3, 0.4) is 0 Å². The van der Waals surface area contributed by atoms with Gasteiger partial charge in [-0.25, -0.2) is 0 Å². The Hall–Kier alpha value is -2.66. The molecule has 0 aliphatic heterocycles. The zero-order valence-corrected chi connectivity index (χ0v) is 24.1. The first-order chi connectivity index (χ1) is 18.4. The molecule has 206 valence electrons. The quantitative estimate of drug-likeness (QED) is 0.210. The second kappa shape index (κ2) is 13.9. The number of hydrogen-bond acceptors (Lipinski definition) is 4. The molecule has 3 N–H and O–H groups in total. The summed E-state index contributed by atoms with van der Waals surface area (Å²) in [7, 11) is 0. The minimum atomic E-state index is -0.784. The normalized spacial score (nSPS) is 11.7. The van der Waals surface area contributed by atoms with E-state index in [1.807, 2.05) is 12.1 Å². The summed E-state index contributed by atoms with van der Waals surface area (Å²) in [5, 5.41) is 30.6. The number of aryl methyl sites for hydroxylation is 2. The Morgan fingerprint density at radius 3 is 2.00 bits per heavy atom. The summed E-state index contributed by atoms with van der Waals surface area (Å²) >= 11 is 0. The zero-order chi connectivity index (χ0) is 27.7. The molecule has 0 fully saturated rings. The van der Waals surface area contributed by atoms with E-state index >= 15 is 0 Å². The van der Waals surface area contributed by atoms with Gasteiger partial charge in [-0.1, -0.05) is 83.5 Å². The van der Waals surface area contributed by atoms with Crippen LogP contribution in [0, 0.1) is 0 Å². The van der Waals surface area contributed by atoms with E-state index in [-0.39, 0.29) is 13.2 Å². The molecular formula is C34H47NO3. The van der Waals surface area contributed by atoms with Gasteiger partial charge in [0, 0.05) is 18.8 Å². The molecule has 0 atom stereocenters. The van der Waals surface area contributed by atoms with Crippen molar-refractivity contribution in [1.82, 2.24) is 0 Å². The number of anilines is 1. The fourth-order valence-corrected chi connectivity index (χ4v) is 5.47. The van der Waals surface area contributed by atoms with E-state index in [0.717, 1.165) is 61.0 Å². The van der Waals surface area contributed by atoms with Crippen LogP contribution in [0.2, 0.25) is 0 Å². The Kier molecular flexibility index (Phi) is 11.0. The third kappa shape index (κ3) is 6.66. The molecule has 0 unspecified atom stereocenters. The lowest BCUT2D eigenvalue weighted by Gasteiger charge is -2.28. The van der Waals surface area contributed by atoms with Gasteiger partial charge in [-0.05, 0) is 88.7 Å². The highest BCUT2D eigenvalue weighted by molar-refractivity contribution is 5.75. The van der Waals surface area contributed by atoms with Crippen molar-refractivity contribution in [2.24, 2.45) is 0 Å². The standard InChI is InChI=1S/C34H47NO3/c1-6-11-27-20-30(34(38,9-4)10-5)15-17-32(27)33-21-31(16-14-26(33)8-3)35(18-7-2)22-25-12-13-28(23-36)29(19-25)24-37/h12-17,19-21,36-38H,6-11,18,22-24H2,1-5H3. The largest absolute Gasteiger partial charge is 0.392 e. The van der Waals surface area contributed by atoms with E-state index in [4.69, 9.17) is 0 Å². The van der Waals surface area contributed by atoms with Gasteiger partial charge < -0.3 is 20.2 Å². The maximum atomic E-state index is 11.2. The number of rotatable bonds is 14. The average molecular weight is 518 g/mol. The second-order valence-corrected chi connectivity index (χ2v) is 10.4. The summed E-state index contributed by atoms with van der Waals surface area (Å²) < 4.78 is 0. The van der Waals surface area contributed by atoms with Gasteiger partial charge in [0.15, 0.2) is 0 Å². The highest BCUT2D eigenvalue weighted by Crippen LogP contribution is 2.36. The highest BCUT2D eigenvalue weighted by atomic mass is 16.3. The lowest BCUT2D eigenvalue weighted by atomic mass is 9.84. The monoisotopic (exact) mass is 517 g/mol. The minimum absolute atomic E-state index is 0.0660. The van der Waals surface area contributed by atoms with Crippen LogP contribution in [0.25, 0.3) is 11.1 Å². The van der Waals surface area contributed by atoms with Crippen LogP contribution >= 0.6 is 0 Å². The molecule has 0 saturated carbocycles. The van der Waals surface area contributed by atoms with Gasteiger partial charge in [-0.2, -0.15) is 0 Å². The van der Waals surface area contributed by atoms with Gasteiger partial charge in [0.05, 0.1) is 18.8 Å². The summed E-state index contributed by atoms with van der Waals surface area (Å²) in [6, 6.07) is 19.4. The molecule has 4 heteroatoms. The molecule has 3 aromatic carbocycles. The molecule has 0 radical (unpaired) electrons. The number of aliphatic hydroxyl groups is 3.